The molecule has 0 saturated heterocycles. The fraction of sp³-hybridized carbons (Fsp3) is 0.355. The number of carbonyl (C=O) groups excluding carboxylic acids is 1. The van der Waals surface area contributed by atoms with Gasteiger partial charge in [-0.3, -0.25) is 4.79 Å². The number of rotatable bonds is 12. The summed E-state index contributed by atoms with van der Waals surface area (Å²) < 4.78 is 24.4. The number of methoxy groups -OCH3 is 3. The van der Waals surface area contributed by atoms with E-state index >= 15 is 0 Å². The van der Waals surface area contributed by atoms with Gasteiger partial charge < -0.3 is 28.8 Å². The Morgan fingerprint density at radius 2 is 1.64 bits per heavy atom. The third kappa shape index (κ3) is 6.28. The average Bonchev–Trinajstić information content (AvgIpc) is 3.32. The highest BCUT2D eigenvalue weighted by Crippen LogP contribution is 2.38. The van der Waals surface area contributed by atoms with Crippen LogP contribution in [0.1, 0.15) is 53.1 Å². The van der Waals surface area contributed by atoms with Crippen LogP contribution in [0, 0.1) is 13.8 Å². The number of imidazole rings is 1. The second kappa shape index (κ2) is 12.6. The minimum atomic E-state index is -0.338. The van der Waals surface area contributed by atoms with Crippen molar-refractivity contribution in [2.24, 2.45) is 0 Å². The Balaban J connectivity index is 1.47. The molecule has 206 valence electrons. The number of benzene rings is 3. The summed E-state index contributed by atoms with van der Waals surface area (Å²) in [5.41, 5.74) is 4.67. The van der Waals surface area contributed by atoms with Crippen LogP contribution >= 0.6 is 0 Å². The molecule has 1 aromatic heterocycles. The van der Waals surface area contributed by atoms with Crippen molar-refractivity contribution in [2.75, 3.05) is 27.9 Å². The zero-order valence-electron chi connectivity index (χ0n) is 23.5. The molecule has 8 heteroatoms. The van der Waals surface area contributed by atoms with Gasteiger partial charge in [0.1, 0.15) is 11.6 Å². The van der Waals surface area contributed by atoms with E-state index in [0.29, 0.717) is 29.4 Å². The molecule has 1 amide bonds. The number of fused-ring (bicyclic) bond motifs is 1. The van der Waals surface area contributed by atoms with Gasteiger partial charge >= 0.3 is 0 Å². The van der Waals surface area contributed by atoms with Crippen LogP contribution in [0.5, 0.6) is 23.0 Å². The van der Waals surface area contributed by atoms with Crippen molar-refractivity contribution in [1.29, 1.82) is 0 Å². The number of nitrogens with one attached hydrogen (secondary N) is 1. The maximum Gasteiger partial charge on any atom is 0.252 e. The van der Waals surface area contributed by atoms with Crippen molar-refractivity contribution < 1.29 is 23.7 Å². The Labute approximate surface area is 229 Å². The molecular formula is C31H37N3O5. The summed E-state index contributed by atoms with van der Waals surface area (Å²) in [6.45, 7) is 7.47. The van der Waals surface area contributed by atoms with Crippen LogP contribution in [0.2, 0.25) is 0 Å². The number of ether oxygens (including phenoxy) is 4. The average molecular weight is 532 g/mol. The molecule has 0 bridgehead atoms. The van der Waals surface area contributed by atoms with Gasteiger partial charge in [-0.05, 0) is 75.1 Å². The highest BCUT2D eigenvalue weighted by Gasteiger charge is 2.22. The zero-order valence-corrected chi connectivity index (χ0v) is 23.5. The number of amides is 1. The molecule has 1 atom stereocenters. The van der Waals surface area contributed by atoms with E-state index in [4.69, 9.17) is 23.9 Å². The lowest BCUT2D eigenvalue weighted by atomic mass is 10.1. The number of nitrogens with zero attached hydrogens (tertiary/aromatic N) is 2. The second-order valence-corrected chi connectivity index (χ2v) is 9.54. The molecule has 0 fully saturated rings. The Hall–Kier alpha value is -4.20. The number of aromatic nitrogens is 2. The van der Waals surface area contributed by atoms with Crippen LogP contribution in [-0.2, 0) is 6.54 Å². The third-order valence-corrected chi connectivity index (χ3v) is 6.72. The molecule has 1 heterocycles. The normalized spacial score (nSPS) is 11.7. The molecule has 0 radical (unpaired) electrons. The van der Waals surface area contributed by atoms with Crippen LogP contribution in [0.15, 0.2) is 54.6 Å². The van der Waals surface area contributed by atoms with Crippen molar-refractivity contribution in [3.63, 3.8) is 0 Å². The smallest absolute Gasteiger partial charge is 0.252 e. The zero-order chi connectivity index (χ0) is 27.9. The summed E-state index contributed by atoms with van der Waals surface area (Å²) >= 11 is 0. The maximum absolute atomic E-state index is 13.3. The summed E-state index contributed by atoms with van der Waals surface area (Å²) in [5.74, 6) is 2.75. The number of unbranched alkanes of at least 4 members (excludes halogenated alkanes) is 1. The number of aryl methyl sites for hydroxylation is 3. The van der Waals surface area contributed by atoms with Crippen molar-refractivity contribution in [1.82, 2.24) is 14.9 Å². The minimum Gasteiger partial charge on any atom is -0.493 e. The van der Waals surface area contributed by atoms with E-state index in [9.17, 15) is 4.79 Å². The van der Waals surface area contributed by atoms with Gasteiger partial charge in [-0.25, -0.2) is 4.98 Å². The van der Waals surface area contributed by atoms with E-state index in [-0.39, 0.29) is 11.9 Å². The number of carbonyl (C=O) groups is 1. The quantitative estimate of drug-likeness (QED) is 0.225. The molecule has 4 rings (SSSR count). The predicted molar refractivity (Wildman–Crippen MR) is 152 cm³/mol. The number of hydrogen-bond acceptors (Lipinski definition) is 6. The summed E-state index contributed by atoms with van der Waals surface area (Å²) in [7, 11) is 4.58. The van der Waals surface area contributed by atoms with Crippen LogP contribution in [0.25, 0.3) is 11.0 Å². The maximum atomic E-state index is 13.3. The first-order valence-corrected chi connectivity index (χ1v) is 13.1. The first-order valence-electron chi connectivity index (χ1n) is 13.1. The molecule has 3 aromatic carbocycles. The van der Waals surface area contributed by atoms with Gasteiger partial charge in [-0.15, -0.1) is 0 Å². The topological polar surface area (TPSA) is 83.8 Å². The molecule has 8 nitrogen and oxygen atoms in total. The summed E-state index contributed by atoms with van der Waals surface area (Å²) in [6.07, 6.45) is 1.80. The molecule has 0 aliphatic rings. The van der Waals surface area contributed by atoms with E-state index < -0.39 is 0 Å². The molecule has 0 aliphatic heterocycles. The molecule has 0 aliphatic carbocycles. The Morgan fingerprint density at radius 1 is 0.923 bits per heavy atom. The van der Waals surface area contributed by atoms with E-state index in [0.717, 1.165) is 47.6 Å². The van der Waals surface area contributed by atoms with E-state index in [2.05, 4.69) is 48.0 Å². The molecule has 4 aromatic rings. The van der Waals surface area contributed by atoms with Gasteiger partial charge in [-0.2, -0.15) is 0 Å². The second-order valence-electron chi connectivity index (χ2n) is 9.54. The lowest BCUT2D eigenvalue weighted by Crippen LogP contribution is -2.29. The van der Waals surface area contributed by atoms with Crippen molar-refractivity contribution in [3.8, 4) is 23.0 Å². The lowest BCUT2D eigenvalue weighted by molar-refractivity contribution is 0.0936. The van der Waals surface area contributed by atoms with E-state index in [1.807, 2.05) is 25.1 Å². The fourth-order valence-electron chi connectivity index (χ4n) is 4.63. The van der Waals surface area contributed by atoms with Crippen molar-refractivity contribution in [3.05, 3.63) is 77.1 Å². The van der Waals surface area contributed by atoms with Crippen molar-refractivity contribution >= 4 is 16.9 Å². The SMILES string of the molecule is COc1cc(C(=O)NC(C)c2nc3ccccc3n2CCCCOc2cc(C)ccc2C)cc(OC)c1OC. The highest BCUT2D eigenvalue weighted by atomic mass is 16.5. The van der Waals surface area contributed by atoms with E-state index in [1.54, 1.807) is 12.1 Å². The lowest BCUT2D eigenvalue weighted by Gasteiger charge is -2.18. The predicted octanol–water partition coefficient (Wildman–Crippen LogP) is 6.03. The standard InChI is InChI=1S/C31H37N3O5/c1-20-13-14-21(2)26(17-20)39-16-10-9-15-34-25-12-8-7-11-24(25)33-30(34)22(3)32-31(35)23-18-27(36-4)29(38-6)28(19-23)37-5/h7-8,11-14,17-19,22H,9-10,15-16H2,1-6H3,(H,32,35). The van der Waals surface area contributed by atoms with Gasteiger partial charge in [0, 0.05) is 12.1 Å². The first-order chi connectivity index (χ1) is 18.9. The van der Waals surface area contributed by atoms with Gasteiger partial charge in [0.05, 0.1) is 45.0 Å². The highest BCUT2D eigenvalue weighted by molar-refractivity contribution is 5.96. The molecule has 39 heavy (non-hydrogen) atoms. The third-order valence-electron chi connectivity index (χ3n) is 6.72. The van der Waals surface area contributed by atoms with Gasteiger partial charge in [-0.1, -0.05) is 24.3 Å². The Morgan fingerprint density at radius 3 is 2.33 bits per heavy atom. The van der Waals surface area contributed by atoms with Crippen LogP contribution < -0.4 is 24.3 Å². The number of para-hydroxylation sites is 2. The minimum absolute atomic E-state index is 0.262. The van der Waals surface area contributed by atoms with Crippen LogP contribution in [-0.4, -0.2) is 43.4 Å². The molecule has 0 saturated carbocycles. The summed E-state index contributed by atoms with van der Waals surface area (Å²) in [5, 5.41) is 3.09. The molecule has 0 spiro atoms. The summed E-state index contributed by atoms with van der Waals surface area (Å²) in [6, 6.07) is 17.2. The summed E-state index contributed by atoms with van der Waals surface area (Å²) in [4.78, 5) is 18.1. The molecule has 1 unspecified atom stereocenters. The largest absolute Gasteiger partial charge is 0.493 e. The van der Waals surface area contributed by atoms with Crippen LogP contribution in [0.4, 0.5) is 0 Å². The first kappa shape index (κ1) is 27.8. The fourth-order valence-corrected chi connectivity index (χ4v) is 4.63. The van der Waals surface area contributed by atoms with Crippen LogP contribution in [0.3, 0.4) is 0 Å². The van der Waals surface area contributed by atoms with Gasteiger partial charge in [0.25, 0.3) is 5.91 Å². The van der Waals surface area contributed by atoms with E-state index in [1.165, 1.54) is 26.9 Å². The molecular weight excluding hydrogens is 494 g/mol. The Kier molecular flexibility index (Phi) is 8.96. The monoisotopic (exact) mass is 531 g/mol. The van der Waals surface area contributed by atoms with Gasteiger partial charge in [0.2, 0.25) is 5.75 Å². The Bertz CT molecular complexity index is 1420. The molecule has 1 N–H and O–H groups in total. The number of hydrogen-bond donors (Lipinski definition) is 1. The van der Waals surface area contributed by atoms with Gasteiger partial charge in [0.15, 0.2) is 11.5 Å². The van der Waals surface area contributed by atoms with Crippen molar-refractivity contribution in [2.45, 2.75) is 46.2 Å².